The lowest BCUT2D eigenvalue weighted by Crippen LogP contribution is -2.31. The highest BCUT2D eigenvalue weighted by Gasteiger charge is 2.21. The molecule has 0 saturated heterocycles. The van der Waals surface area contributed by atoms with E-state index >= 15 is 0 Å². The molecule has 3 nitrogen and oxygen atoms in total. The Labute approximate surface area is 105 Å². The summed E-state index contributed by atoms with van der Waals surface area (Å²) >= 11 is 1.80. The van der Waals surface area contributed by atoms with Gasteiger partial charge in [-0.2, -0.15) is 0 Å². The van der Waals surface area contributed by atoms with Gasteiger partial charge in [-0.1, -0.05) is 25.6 Å². The summed E-state index contributed by atoms with van der Waals surface area (Å²) in [6.07, 6.45) is 2.69. The van der Waals surface area contributed by atoms with Crippen LogP contribution in [0.25, 0.3) is 0 Å². The number of hydrogen-bond acceptors (Lipinski definition) is 4. The zero-order chi connectivity index (χ0) is 12.1. The monoisotopic (exact) mass is 262 g/mol. The van der Waals surface area contributed by atoms with Gasteiger partial charge in [0.15, 0.2) is 5.17 Å². The van der Waals surface area contributed by atoms with Crippen LogP contribution in [-0.4, -0.2) is 39.2 Å². The SMILES string of the molecule is CC(CCS(C)=O)NC1=N[C@@H](C(C)C)CS1. The minimum absolute atomic E-state index is 0.362. The van der Waals surface area contributed by atoms with Gasteiger partial charge in [-0.3, -0.25) is 9.20 Å². The molecule has 0 aromatic carbocycles. The second-order valence-corrected chi connectivity index (χ2v) is 7.23. The molecule has 5 heteroatoms. The Morgan fingerprint density at radius 1 is 1.56 bits per heavy atom. The first-order valence-corrected chi connectivity index (χ1v) is 8.47. The fourth-order valence-corrected chi connectivity index (χ4v) is 3.40. The highest BCUT2D eigenvalue weighted by Crippen LogP contribution is 2.22. The van der Waals surface area contributed by atoms with Crippen molar-refractivity contribution in [1.29, 1.82) is 0 Å². The van der Waals surface area contributed by atoms with Gasteiger partial charge in [0.25, 0.3) is 0 Å². The maximum absolute atomic E-state index is 11.0. The number of amidine groups is 1. The van der Waals surface area contributed by atoms with Gasteiger partial charge in [-0.05, 0) is 19.3 Å². The van der Waals surface area contributed by atoms with Gasteiger partial charge in [-0.15, -0.1) is 0 Å². The zero-order valence-corrected chi connectivity index (χ0v) is 12.2. The molecule has 94 valence electrons. The predicted octanol–water partition coefficient (Wildman–Crippen LogP) is 1.86. The molecule has 1 N–H and O–H groups in total. The van der Waals surface area contributed by atoms with Crippen LogP contribution in [0, 0.1) is 5.92 Å². The van der Waals surface area contributed by atoms with E-state index in [9.17, 15) is 4.21 Å². The lowest BCUT2D eigenvalue weighted by atomic mass is 10.1. The van der Waals surface area contributed by atoms with Crippen molar-refractivity contribution in [2.24, 2.45) is 10.9 Å². The van der Waals surface area contributed by atoms with Crippen LogP contribution in [0.4, 0.5) is 0 Å². The number of nitrogens with one attached hydrogen (secondary N) is 1. The maximum atomic E-state index is 11.0. The van der Waals surface area contributed by atoms with Crippen molar-refractivity contribution in [3.63, 3.8) is 0 Å². The van der Waals surface area contributed by atoms with E-state index in [1.165, 1.54) is 0 Å². The standard InChI is InChI=1S/C11H22N2OS2/c1-8(2)10-7-15-11(13-10)12-9(3)5-6-16(4)14/h8-10H,5-7H2,1-4H3,(H,12,13)/t9?,10-,16?/m1/s1. The van der Waals surface area contributed by atoms with E-state index in [2.05, 4.69) is 31.1 Å². The molecular formula is C11H22N2OS2. The van der Waals surface area contributed by atoms with E-state index in [0.29, 0.717) is 18.0 Å². The largest absolute Gasteiger partial charge is 0.362 e. The maximum Gasteiger partial charge on any atom is 0.157 e. The average Bonchev–Trinajstić information content (AvgIpc) is 2.63. The summed E-state index contributed by atoms with van der Waals surface area (Å²) in [5, 5.41) is 4.46. The topological polar surface area (TPSA) is 41.5 Å². The Hall–Kier alpha value is -0.0300. The van der Waals surface area contributed by atoms with Crippen LogP contribution in [0.5, 0.6) is 0 Å². The minimum Gasteiger partial charge on any atom is -0.362 e. The van der Waals surface area contributed by atoms with E-state index < -0.39 is 10.8 Å². The summed E-state index contributed by atoms with van der Waals surface area (Å²) < 4.78 is 11.0. The minimum atomic E-state index is -0.690. The van der Waals surface area contributed by atoms with Crippen LogP contribution in [-0.2, 0) is 10.8 Å². The van der Waals surface area contributed by atoms with Crippen LogP contribution in [0.3, 0.4) is 0 Å². The number of hydrogen-bond donors (Lipinski definition) is 1. The van der Waals surface area contributed by atoms with E-state index in [1.807, 2.05) is 0 Å². The molecule has 1 heterocycles. The van der Waals surface area contributed by atoms with Crippen molar-refractivity contribution in [1.82, 2.24) is 5.32 Å². The summed E-state index contributed by atoms with van der Waals surface area (Å²) in [7, 11) is -0.690. The van der Waals surface area contributed by atoms with E-state index in [0.717, 1.165) is 23.1 Å². The van der Waals surface area contributed by atoms with Gasteiger partial charge < -0.3 is 5.32 Å². The van der Waals surface area contributed by atoms with Crippen molar-refractivity contribution < 1.29 is 4.21 Å². The molecule has 1 aliphatic heterocycles. The van der Waals surface area contributed by atoms with Crippen molar-refractivity contribution in [3.05, 3.63) is 0 Å². The molecule has 1 aliphatic rings. The summed E-state index contributed by atoms with van der Waals surface area (Å²) in [6, 6.07) is 0.820. The summed E-state index contributed by atoms with van der Waals surface area (Å²) in [6.45, 7) is 6.54. The fraction of sp³-hybridized carbons (Fsp3) is 0.909. The van der Waals surface area contributed by atoms with Crippen molar-refractivity contribution in [2.45, 2.75) is 39.3 Å². The molecule has 16 heavy (non-hydrogen) atoms. The molecule has 0 aromatic heterocycles. The van der Waals surface area contributed by atoms with Crippen molar-refractivity contribution in [2.75, 3.05) is 17.8 Å². The van der Waals surface area contributed by atoms with Crippen LogP contribution < -0.4 is 5.32 Å². The summed E-state index contributed by atoms with van der Waals surface area (Å²) in [4.78, 5) is 4.65. The second kappa shape index (κ2) is 6.64. The highest BCUT2D eigenvalue weighted by molar-refractivity contribution is 8.14. The van der Waals surface area contributed by atoms with Gasteiger partial charge in [0.05, 0.1) is 6.04 Å². The predicted molar refractivity (Wildman–Crippen MR) is 74.7 cm³/mol. The first kappa shape index (κ1) is 14.0. The quantitative estimate of drug-likeness (QED) is 0.822. The zero-order valence-electron chi connectivity index (χ0n) is 10.5. The van der Waals surface area contributed by atoms with Crippen LogP contribution >= 0.6 is 11.8 Å². The Balaban J connectivity index is 2.32. The first-order chi connectivity index (χ1) is 7.49. The normalized spacial score (nSPS) is 24.3. The molecule has 0 aromatic rings. The lowest BCUT2D eigenvalue weighted by molar-refractivity contribution is 0.540. The third-order valence-corrected chi connectivity index (χ3v) is 4.47. The van der Waals surface area contributed by atoms with E-state index in [4.69, 9.17) is 0 Å². The summed E-state index contributed by atoms with van der Waals surface area (Å²) in [5.74, 6) is 2.47. The van der Waals surface area contributed by atoms with E-state index in [1.54, 1.807) is 18.0 Å². The molecule has 0 radical (unpaired) electrons. The van der Waals surface area contributed by atoms with Gasteiger partial charge in [0, 0.05) is 34.6 Å². The molecule has 0 amide bonds. The number of nitrogens with zero attached hydrogens (tertiary/aromatic N) is 1. The molecule has 2 unspecified atom stereocenters. The smallest absolute Gasteiger partial charge is 0.157 e. The molecule has 0 fully saturated rings. The molecule has 0 aliphatic carbocycles. The Morgan fingerprint density at radius 2 is 2.25 bits per heavy atom. The second-order valence-electron chi connectivity index (χ2n) is 4.67. The van der Waals surface area contributed by atoms with Crippen LogP contribution in [0.15, 0.2) is 4.99 Å². The first-order valence-electron chi connectivity index (χ1n) is 5.76. The molecular weight excluding hydrogens is 240 g/mol. The van der Waals surface area contributed by atoms with Crippen molar-refractivity contribution in [3.8, 4) is 0 Å². The Kier molecular flexibility index (Phi) is 5.83. The molecule has 0 spiro atoms. The van der Waals surface area contributed by atoms with E-state index in [-0.39, 0.29) is 0 Å². The molecule has 3 atom stereocenters. The highest BCUT2D eigenvalue weighted by atomic mass is 32.2. The van der Waals surface area contributed by atoms with Crippen LogP contribution in [0.1, 0.15) is 27.2 Å². The third kappa shape index (κ3) is 4.87. The number of thioether (sulfide) groups is 1. The summed E-state index contributed by atoms with van der Waals surface area (Å²) in [5.41, 5.74) is 0. The lowest BCUT2D eigenvalue weighted by Gasteiger charge is -2.13. The molecule has 1 rings (SSSR count). The van der Waals surface area contributed by atoms with Gasteiger partial charge in [0.2, 0.25) is 0 Å². The van der Waals surface area contributed by atoms with Gasteiger partial charge in [0.1, 0.15) is 0 Å². The molecule has 0 saturated carbocycles. The number of aliphatic imine (C=N–C) groups is 1. The molecule has 0 bridgehead atoms. The van der Waals surface area contributed by atoms with Gasteiger partial charge >= 0.3 is 0 Å². The van der Waals surface area contributed by atoms with Crippen molar-refractivity contribution >= 4 is 27.7 Å². The average molecular weight is 262 g/mol. The Morgan fingerprint density at radius 3 is 2.75 bits per heavy atom. The third-order valence-electron chi connectivity index (χ3n) is 2.65. The Bertz CT molecular complexity index is 279. The number of rotatable bonds is 5. The fourth-order valence-electron chi connectivity index (χ4n) is 1.44. The van der Waals surface area contributed by atoms with Crippen LogP contribution in [0.2, 0.25) is 0 Å². The van der Waals surface area contributed by atoms with Gasteiger partial charge in [-0.25, -0.2) is 0 Å².